The standard InChI is InChI=1S/C18H15N/c1-14-8-10-15(11-9-14)16-5-4-6-17(13-16)18-7-2-3-12-19-18/h2-13H,1H3/i1D3. The molecular formula is C18H15N. The maximum atomic E-state index is 7.42. The van der Waals surface area contributed by atoms with Gasteiger partial charge in [-0.2, -0.15) is 0 Å². The number of hydrogen-bond donors (Lipinski definition) is 0. The highest BCUT2D eigenvalue weighted by molar-refractivity contribution is 5.71. The fourth-order valence-corrected chi connectivity index (χ4v) is 2.05. The van der Waals surface area contributed by atoms with Crippen molar-refractivity contribution in [3.63, 3.8) is 0 Å². The van der Waals surface area contributed by atoms with Gasteiger partial charge in [0.1, 0.15) is 0 Å². The monoisotopic (exact) mass is 248 g/mol. The van der Waals surface area contributed by atoms with Crippen LogP contribution in [0.15, 0.2) is 72.9 Å². The first-order valence-electron chi connectivity index (χ1n) is 7.66. The van der Waals surface area contributed by atoms with E-state index in [9.17, 15) is 0 Å². The van der Waals surface area contributed by atoms with Crippen LogP contribution < -0.4 is 0 Å². The highest BCUT2D eigenvalue weighted by Gasteiger charge is 2.01. The summed E-state index contributed by atoms with van der Waals surface area (Å²) in [6.07, 6.45) is 1.77. The van der Waals surface area contributed by atoms with Gasteiger partial charge in [-0.25, -0.2) is 0 Å². The Labute approximate surface area is 117 Å². The van der Waals surface area contributed by atoms with Crippen molar-refractivity contribution in [3.8, 4) is 22.4 Å². The van der Waals surface area contributed by atoms with Gasteiger partial charge >= 0.3 is 0 Å². The quantitative estimate of drug-likeness (QED) is 0.639. The molecule has 3 aromatic rings. The summed E-state index contributed by atoms with van der Waals surface area (Å²) in [5.41, 5.74) is 4.35. The summed E-state index contributed by atoms with van der Waals surface area (Å²) in [7, 11) is 0. The topological polar surface area (TPSA) is 12.9 Å². The van der Waals surface area contributed by atoms with Gasteiger partial charge in [-0.05, 0) is 36.2 Å². The second-order valence-corrected chi connectivity index (χ2v) is 4.37. The molecule has 0 saturated carbocycles. The van der Waals surface area contributed by atoms with E-state index in [-0.39, 0.29) is 0 Å². The molecule has 92 valence electrons. The van der Waals surface area contributed by atoms with Crippen LogP contribution in [-0.4, -0.2) is 4.98 Å². The first-order chi connectivity index (χ1) is 10.5. The van der Waals surface area contributed by atoms with Crippen molar-refractivity contribution >= 4 is 0 Å². The number of benzene rings is 2. The molecule has 0 aliphatic carbocycles. The lowest BCUT2D eigenvalue weighted by Gasteiger charge is -2.05. The van der Waals surface area contributed by atoms with Crippen molar-refractivity contribution in [2.45, 2.75) is 6.85 Å². The smallest absolute Gasteiger partial charge is 0.0702 e. The van der Waals surface area contributed by atoms with Gasteiger partial charge in [0.25, 0.3) is 0 Å². The average Bonchev–Trinajstić information content (AvgIpc) is 2.55. The molecule has 0 aliphatic rings. The molecule has 1 heteroatoms. The predicted octanol–water partition coefficient (Wildman–Crippen LogP) is 4.72. The summed E-state index contributed by atoms with van der Waals surface area (Å²) in [5, 5.41) is 0. The van der Waals surface area contributed by atoms with Crippen LogP contribution in [-0.2, 0) is 0 Å². The number of aromatic nitrogens is 1. The lowest BCUT2D eigenvalue weighted by Crippen LogP contribution is -1.84. The largest absolute Gasteiger partial charge is 0.256 e. The Hall–Kier alpha value is -2.41. The summed E-state index contributed by atoms with van der Waals surface area (Å²) < 4.78 is 22.3. The van der Waals surface area contributed by atoms with Gasteiger partial charge in [-0.3, -0.25) is 4.98 Å². The van der Waals surface area contributed by atoms with E-state index in [1.54, 1.807) is 18.3 Å². The van der Waals surface area contributed by atoms with Crippen LogP contribution in [0.2, 0.25) is 0 Å². The molecule has 1 aromatic heterocycles. The summed E-state index contributed by atoms with van der Waals surface area (Å²) in [5.74, 6) is 0. The molecule has 0 spiro atoms. The minimum absolute atomic E-state index is 0.358. The molecule has 0 radical (unpaired) electrons. The average molecular weight is 248 g/mol. The number of hydrogen-bond acceptors (Lipinski definition) is 1. The summed E-state index contributed by atoms with van der Waals surface area (Å²) in [6, 6.07) is 20.9. The Kier molecular flexibility index (Phi) is 2.31. The normalized spacial score (nSPS) is 13.4. The maximum Gasteiger partial charge on any atom is 0.0702 e. The predicted molar refractivity (Wildman–Crippen MR) is 79.8 cm³/mol. The lowest BCUT2D eigenvalue weighted by molar-refractivity contribution is 1.33. The molecule has 0 saturated heterocycles. The minimum Gasteiger partial charge on any atom is -0.256 e. The summed E-state index contributed by atoms with van der Waals surface area (Å²) in [4.78, 5) is 4.36. The Morgan fingerprint density at radius 1 is 0.789 bits per heavy atom. The van der Waals surface area contributed by atoms with E-state index in [0.717, 1.165) is 22.4 Å². The van der Waals surface area contributed by atoms with Gasteiger partial charge in [-0.1, -0.05) is 54.1 Å². The summed E-state index contributed by atoms with van der Waals surface area (Å²) >= 11 is 0. The molecule has 0 bridgehead atoms. The Morgan fingerprint density at radius 3 is 2.37 bits per heavy atom. The number of aryl methyl sites for hydroxylation is 1. The van der Waals surface area contributed by atoms with Crippen LogP contribution in [0.5, 0.6) is 0 Å². The molecule has 0 atom stereocenters. The fourth-order valence-electron chi connectivity index (χ4n) is 2.05. The Bertz CT molecular complexity index is 762. The van der Waals surface area contributed by atoms with Crippen LogP contribution in [0.1, 0.15) is 9.68 Å². The third-order valence-corrected chi connectivity index (χ3v) is 3.04. The fraction of sp³-hybridized carbons (Fsp3) is 0.0556. The molecule has 0 amide bonds. The maximum absolute atomic E-state index is 7.42. The van der Waals surface area contributed by atoms with Gasteiger partial charge in [0, 0.05) is 15.9 Å². The molecule has 0 N–H and O–H groups in total. The van der Waals surface area contributed by atoms with Crippen LogP contribution in [0.4, 0.5) is 0 Å². The number of nitrogens with zero attached hydrogens (tertiary/aromatic N) is 1. The molecule has 1 heterocycles. The molecular weight excluding hydrogens is 230 g/mol. The third kappa shape index (κ3) is 2.55. The molecule has 2 aromatic carbocycles. The third-order valence-electron chi connectivity index (χ3n) is 3.04. The molecule has 0 fully saturated rings. The summed E-state index contributed by atoms with van der Waals surface area (Å²) in [6.45, 7) is -2.06. The molecule has 19 heavy (non-hydrogen) atoms. The van der Waals surface area contributed by atoms with Gasteiger partial charge in [-0.15, -0.1) is 0 Å². The SMILES string of the molecule is [2H]C([2H])([2H])c1ccc(-c2cccc(-c3ccccn3)c2)cc1. The first-order valence-corrected chi connectivity index (χ1v) is 6.16. The molecule has 0 aliphatic heterocycles. The van der Waals surface area contributed by atoms with E-state index in [0.29, 0.717) is 5.56 Å². The van der Waals surface area contributed by atoms with E-state index in [1.165, 1.54) is 0 Å². The van der Waals surface area contributed by atoms with Crippen LogP contribution >= 0.6 is 0 Å². The molecule has 3 rings (SSSR count). The zero-order valence-corrected chi connectivity index (χ0v) is 10.4. The first kappa shape index (κ1) is 8.65. The van der Waals surface area contributed by atoms with Gasteiger partial charge < -0.3 is 0 Å². The highest BCUT2D eigenvalue weighted by atomic mass is 14.7. The Balaban J connectivity index is 1.96. The van der Waals surface area contributed by atoms with E-state index in [4.69, 9.17) is 4.11 Å². The van der Waals surface area contributed by atoms with Crippen molar-refractivity contribution in [2.24, 2.45) is 0 Å². The number of pyridine rings is 1. The van der Waals surface area contributed by atoms with Crippen molar-refractivity contribution in [1.29, 1.82) is 0 Å². The van der Waals surface area contributed by atoms with Crippen LogP contribution in [0.3, 0.4) is 0 Å². The van der Waals surface area contributed by atoms with E-state index < -0.39 is 6.85 Å². The minimum atomic E-state index is -2.06. The van der Waals surface area contributed by atoms with E-state index >= 15 is 0 Å². The second kappa shape index (κ2) is 5.07. The Morgan fingerprint density at radius 2 is 1.63 bits per heavy atom. The van der Waals surface area contributed by atoms with Gasteiger partial charge in [0.2, 0.25) is 0 Å². The van der Waals surface area contributed by atoms with Crippen molar-refractivity contribution in [3.05, 3.63) is 78.5 Å². The number of rotatable bonds is 2. The van der Waals surface area contributed by atoms with Crippen molar-refractivity contribution in [2.75, 3.05) is 0 Å². The lowest BCUT2D eigenvalue weighted by atomic mass is 10.0. The zero-order chi connectivity index (χ0) is 15.6. The van der Waals surface area contributed by atoms with Gasteiger partial charge in [0.05, 0.1) is 5.69 Å². The van der Waals surface area contributed by atoms with Gasteiger partial charge in [0.15, 0.2) is 0 Å². The van der Waals surface area contributed by atoms with Crippen molar-refractivity contribution in [1.82, 2.24) is 4.98 Å². The van der Waals surface area contributed by atoms with Crippen LogP contribution in [0.25, 0.3) is 22.4 Å². The molecule has 1 nitrogen and oxygen atoms in total. The van der Waals surface area contributed by atoms with E-state index in [1.807, 2.05) is 48.5 Å². The van der Waals surface area contributed by atoms with Crippen LogP contribution in [0, 0.1) is 6.85 Å². The second-order valence-electron chi connectivity index (χ2n) is 4.37. The van der Waals surface area contributed by atoms with Crippen molar-refractivity contribution < 1.29 is 4.11 Å². The highest BCUT2D eigenvalue weighted by Crippen LogP contribution is 2.25. The zero-order valence-electron chi connectivity index (χ0n) is 13.4. The van der Waals surface area contributed by atoms with E-state index in [2.05, 4.69) is 11.1 Å². The molecule has 0 unspecified atom stereocenters.